The molecular weight excluding hydrogens is 496 g/mol. The summed E-state index contributed by atoms with van der Waals surface area (Å²) in [5.74, 6) is 0. The van der Waals surface area contributed by atoms with E-state index in [9.17, 15) is 8.42 Å². The zero-order valence-corrected chi connectivity index (χ0v) is 19.6. The van der Waals surface area contributed by atoms with E-state index in [4.69, 9.17) is 46.4 Å². The van der Waals surface area contributed by atoms with Gasteiger partial charge in [0.1, 0.15) is 4.90 Å². The van der Waals surface area contributed by atoms with Gasteiger partial charge in [-0.3, -0.25) is 0 Å². The summed E-state index contributed by atoms with van der Waals surface area (Å²) in [6.45, 7) is 1.92. The number of aromatic nitrogens is 1. The lowest BCUT2D eigenvalue weighted by Crippen LogP contribution is -2.35. The van der Waals surface area contributed by atoms with Gasteiger partial charge in [0, 0.05) is 31.2 Å². The van der Waals surface area contributed by atoms with E-state index >= 15 is 0 Å². The summed E-state index contributed by atoms with van der Waals surface area (Å²) in [6, 6.07) is 8.25. The lowest BCUT2D eigenvalue weighted by atomic mass is 10.3. The normalized spacial score (nSPS) is 16.3. The molecule has 11 heteroatoms. The second-order valence-electron chi connectivity index (χ2n) is 6.55. The summed E-state index contributed by atoms with van der Waals surface area (Å²) in [7, 11) is -3.79. The molecule has 0 spiro atoms. The molecule has 29 heavy (non-hydrogen) atoms. The molecule has 2 heterocycles. The molecule has 5 nitrogen and oxygen atoms in total. The molecule has 154 valence electrons. The van der Waals surface area contributed by atoms with Gasteiger partial charge in [-0.2, -0.15) is 4.31 Å². The van der Waals surface area contributed by atoms with Gasteiger partial charge in [-0.25, -0.2) is 13.4 Å². The Morgan fingerprint density at radius 2 is 1.66 bits per heavy atom. The molecule has 0 saturated carbocycles. The minimum atomic E-state index is -3.79. The van der Waals surface area contributed by atoms with Crippen LogP contribution in [0.5, 0.6) is 0 Å². The van der Waals surface area contributed by atoms with Crippen molar-refractivity contribution in [3.63, 3.8) is 0 Å². The lowest BCUT2D eigenvalue weighted by Gasteiger charge is -2.22. The Balaban J connectivity index is 1.57. The van der Waals surface area contributed by atoms with Gasteiger partial charge in [0.25, 0.3) is 0 Å². The first-order chi connectivity index (χ1) is 13.8. The quantitative estimate of drug-likeness (QED) is 0.417. The minimum Gasteiger partial charge on any atom is -0.347 e. The van der Waals surface area contributed by atoms with Crippen molar-refractivity contribution in [1.29, 1.82) is 0 Å². The number of fused-ring (bicyclic) bond motifs is 1. The molecule has 0 amide bonds. The van der Waals surface area contributed by atoms with Crippen molar-refractivity contribution >= 4 is 83.1 Å². The maximum Gasteiger partial charge on any atom is 0.244 e. The largest absolute Gasteiger partial charge is 0.347 e. The molecule has 1 saturated heterocycles. The second-order valence-corrected chi connectivity index (χ2v) is 11.1. The number of halogens is 4. The summed E-state index contributed by atoms with van der Waals surface area (Å²) >= 11 is 25.7. The second kappa shape index (κ2) is 8.38. The molecule has 4 rings (SSSR count). The maximum absolute atomic E-state index is 13.1. The molecule has 2 aromatic carbocycles. The van der Waals surface area contributed by atoms with Crippen LogP contribution in [0.1, 0.15) is 6.42 Å². The fraction of sp³-hybridized carbons (Fsp3) is 0.278. The molecular formula is C18H15Cl4N3O2S2. The topological polar surface area (TPSA) is 53.5 Å². The van der Waals surface area contributed by atoms with Crippen LogP contribution in [0.3, 0.4) is 0 Å². The van der Waals surface area contributed by atoms with Gasteiger partial charge in [-0.1, -0.05) is 57.7 Å². The first-order valence-corrected chi connectivity index (χ1v) is 12.5. The highest BCUT2D eigenvalue weighted by Gasteiger charge is 2.30. The molecule has 0 bridgehead atoms. The summed E-state index contributed by atoms with van der Waals surface area (Å²) in [4.78, 5) is 6.74. The molecule has 0 aliphatic carbocycles. The SMILES string of the molecule is O=S(=O)(c1cc(Cl)c(Cl)cc1Cl)N1CCCN(c2nc3ccc(Cl)cc3s2)CC1. The van der Waals surface area contributed by atoms with E-state index in [1.54, 1.807) is 11.3 Å². The number of thiazole rings is 1. The molecule has 3 aromatic rings. The number of sulfonamides is 1. The molecule has 1 fully saturated rings. The molecule has 0 unspecified atom stereocenters. The summed E-state index contributed by atoms with van der Waals surface area (Å²) in [6.07, 6.45) is 0.662. The smallest absolute Gasteiger partial charge is 0.244 e. The van der Waals surface area contributed by atoms with Gasteiger partial charge >= 0.3 is 0 Å². The maximum atomic E-state index is 13.1. The van der Waals surface area contributed by atoms with E-state index in [2.05, 4.69) is 9.88 Å². The molecule has 0 radical (unpaired) electrons. The molecule has 1 aliphatic rings. The zero-order valence-electron chi connectivity index (χ0n) is 14.9. The average molecular weight is 511 g/mol. The van der Waals surface area contributed by atoms with E-state index in [0.717, 1.165) is 15.3 Å². The Hall–Kier alpha value is -0.800. The Bertz CT molecular complexity index is 1180. The van der Waals surface area contributed by atoms with Crippen LogP contribution < -0.4 is 4.90 Å². The van der Waals surface area contributed by atoms with Crippen LogP contribution in [0.2, 0.25) is 20.1 Å². The monoisotopic (exact) mass is 509 g/mol. The number of hydrogen-bond donors (Lipinski definition) is 0. The van der Waals surface area contributed by atoms with Crippen LogP contribution in [0.15, 0.2) is 35.2 Å². The predicted molar refractivity (Wildman–Crippen MR) is 122 cm³/mol. The Morgan fingerprint density at radius 3 is 2.45 bits per heavy atom. The third-order valence-electron chi connectivity index (χ3n) is 4.66. The van der Waals surface area contributed by atoms with E-state index < -0.39 is 10.0 Å². The summed E-state index contributed by atoms with van der Waals surface area (Å²) < 4.78 is 28.7. The van der Waals surface area contributed by atoms with E-state index in [0.29, 0.717) is 37.6 Å². The van der Waals surface area contributed by atoms with Crippen molar-refractivity contribution in [2.24, 2.45) is 0 Å². The highest BCUT2D eigenvalue weighted by Crippen LogP contribution is 2.34. The van der Waals surface area contributed by atoms with Crippen LogP contribution in [-0.2, 0) is 10.0 Å². The summed E-state index contributed by atoms with van der Waals surface area (Å²) in [5.41, 5.74) is 0.880. The zero-order chi connectivity index (χ0) is 20.8. The van der Waals surface area contributed by atoms with Gasteiger partial charge < -0.3 is 4.90 Å². The predicted octanol–water partition coefficient (Wildman–Crippen LogP) is 5.81. The number of nitrogens with zero attached hydrogens (tertiary/aromatic N) is 3. The highest BCUT2D eigenvalue weighted by molar-refractivity contribution is 7.89. The van der Waals surface area contributed by atoms with Gasteiger partial charge in [-0.05, 0) is 36.8 Å². The van der Waals surface area contributed by atoms with Gasteiger partial charge in [-0.15, -0.1) is 0 Å². The van der Waals surface area contributed by atoms with Gasteiger partial charge in [0.2, 0.25) is 10.0 Å². The Kier molecular flexibility index (Phi) is 6.19. The standard InChI is InChI=1S/C18H15Cl4N3O2S2/c19-11-2-3-15-16(8-11)28-18(23-15)24-4-1-5-25(7-6-24)29(26,27)17-10-13(21)12(20)9-14(17)22/h2-3,8-10H,1,4-7H2. The van der Waals surface area contributed by atoms with Crippen LogP contribution >= 0.6 is 57.7 Å². The van der Waals surface area contributed by atoms with E-state index in [-0.39, 0.29) is 20.0 Å². The van der Waals surface area contributed by atoms with Crippen molar-refractivity contribution in [2.75, 3.05) is 31.1 Å². The van der Waals surface area contributed by atoms with Crippen LogP contribution in [-0.4, -0.2) is 43.9 Å². The number of anilines is 1. The molecule has 0 atom stereocenters. The third kappa shape index (κ3) is 4.32. The van der Waals surface area contributed by atoms with Crippen molar-refractivity contribution in [1.82, 2.24) is 9.29 Å². The average Bonchev–Trinajstić information content (AvgIpc) is 2.91. The summed E-state index contributed by atoms with van der Waals surface area (Å²) in [5, 5.41) is 1.95. The van der Waals surface area contributed by atoms with E-state index in [1.165, 1.54) is 16.4 Å². The number of rotatable bonds is 3. The van der Waals surface area contributed by atoms with Crippen LogP contribution in [0, 0.1) is 0 Å². The van der Waals surface area contributed by atoms with Crippen LogP contribution in [0.4, 0.5) is 5.13 Å². The Labute approximate surface area is 192 Å². The lowest BCUT2D eigenvalue weighted by molar-refractivity contribution is 0.433. The first-order valence-electron chi connectivity index (χ1n) is 8.71. The fourth-order valence-electron chi connectivity index (χ4n) is 3.19. The highest BCUT2D eigenvalue weighted by atomic mass is 35.5. The molecule has 1 aromatic heterocycles. The number of benzene rings is 2. The van der Waals surface area contributed by atoms with Crippen molar-refractivity contribution in [2.45, 2.75) is 11.3 Å². The third-order valence-corrected chi connectivity index (χ3v) is 9.06. The Morgan fingerprint density at radius 1 is 0.897 bits per heavy atom. The fourth-order valence-corrected chi connectivity index (χ4v) is 6.93. The van der Waals surface area contributed by atoms with E-state index in [1.807, 2.05) is 18.2 Å². The van der Waals surface area contributed by atoms with Gasteiger partial charge in [0.05, 0.1) is 25.3 Å². The van der Waals surface area contributed by atoms with Crippen molar-refractivity contribution < 1.29 is 8.42 Å². The van der Waals surface area contributed by atoms with Gasteiger partial charge in [0.15, 0.2) is 5.13 Å². The number of hydrogen-bond acceptors (Lipinski definition) is 5. The van der Waals surface area contributed by atoms with Crippen molar-refractivity contribution in [3.8, 4) is 0 Å². The minimum absolute atomic E-state index is 0.0309. The molecule has 0 N–H and O–H groups in total. The van der Waals surface area contributed by atoms with Crippen LogP contribution in [0.25, 0.3) is 10.2 Å². The first kappa shape index (κ1) is 21.4. The molecule has 1 aliphatic heterocycles. The van der Waals surface area contributed by atoms with Crippen molar-refractivity contribution in [3.05, 3.63) is 50.4 Å².